The van der Waals surface area contributed by atoms with Crippen LogP contribution in [0.3, 0.4) is 0 Å². The molecule has 3 heterocycles. The van der Waals surface area contributed by atoms with E-state index < -0.39 is 0 Å². The Morgan fingerprint density at radius 1 is 1.00 bits per heavy atom. The summed E-state index contributed by atoms with van der Waals surface area (Å²) in [5.41, 5.74) is 0.755. The van der Waals surface area contributed by atoms with E-state index in [0.717, 1.165) is 56.8 Å². The third kappa shape index (κ3) is 3.15. The number of hydrogen-bond donors (Lipinski definition) is 1. The first-order chi connectivity index (χ1) is 11.7. The van der Waals surface area contributed by atoms with E-state index in [9.17, 15) is 4.79 Å². The molecule has 6 nitrogen and oxygen atoms in total. The molecule has 0 radical (unpaired) electrons. The van der Waals surface area contributed by atoms with Gasteiger partial charge in [-0.3, -0.25) is 0 Å². The van der Waals surface area contributed by atoms with Crippen molar-refractivity contribution in [1.82, 2.24) is 4.90 Å². The molecule has 1 aromatic carbocycles. The molecule has 130 valence electrons. The second kappa shape index (κ2) is 6.51. The van der Waals surface area contributed by atoms with Gasteiger partial charge in [-0.1, -0.05) is 0 Å². The van der Waals surface area contributed by atoms with Crippen LogP contribution in [0.1, 0.15) is 32.1 Å². The SMILES string of the molecule is O=C(Nc1ccc2c(c1)OCCO2)N1CCC2(CCCCO2)CC1. The summed E-state index contributed by atoms with van der Waals surface area (Å²) in [6.45, 7) is 3.46. The molecule has 1 aromatic rings. The summed E-state index contributed by atoms with van der Waals surface area (Å²) in [5.74, 6) is 1.42. The molecule has 3 aliphatic heterocycles. The summed E-state index contributed by atoms with van der Waals surface area (Å²) >= 11 is 0. The third-order valence-electron chi connectivity index (χ3n) is 5.19. The van der Waals surface area contributed by atoms with Gasteiger partial charge in [-0.15, -0.1) is 0 Å². The number of carbonyl (C=O) groups is 1. The van der Waals surface area contributed by atoms with Crippen LogP contribution in [0, 0.1) is 0 Å². The summed E-state index contributed by atoms with van der Waals surface area (Å²) < 4.78 is 17.1. The van der Waals surface area contributed by atoms with Gasteiger partial charge >= 0.3 is 6.03 Å². The van der Waals surface area contributed by atoms with Crippen LogP contribution in [0.5, 0.6) is 11.5 Å². The van der Waals surface area contributed by atoms with Gasteiger partial charge in [-0.05, 0) is 44.2 Å². The predicted octanol–water partition coefficient (Wildman–Crippen LogP) is 3.02. The topological polar surface area (TPSA) is 60.0 Å². The highest BCUT2D eigenvalue weighted by molar-refractivity contribution is 5.89. The number of ether oxygens (including phenoxy) is 3. The van der Waals surface area contributed by atoms with E-state index in [2.05, 4.69) is 5.32 Å². The van der Waals surface area contributed by atoms with Crippen molar-refractivity contribution in [3.63, 3.8) is 0 Å². The number of amides is 2. The lowest BCUT2D eigenvalue weighted by atomic mass is 9.84. The molecule has 2 saturated heterocycles. The molecule has 24 heavy (non-hydrogen) atoms. The molecule has 0 aliphatic carbocycles. The van der Waals surface area contributed by atoms with Crippen molar-refractivity contribution in [2.75, 3.05) is 38.2 Å². The Balaban J connectivity index is 1.35. The number of fused-ring (bicyclic) bond motifs is 1. The van der Waals surface area contributed by atoms with Crippen LogP contribution >= 0.6 is 0 Å². The minimum Gasteiger partial charge on any atom is -0.486 e. The number of urea groups is 1. The van der Waals surface area contributed by atoms with Crippen LogP contribution in [-0.2, 0) is 4.74 Å². The average Bonchev–Trinajstić information content (AvgIpc) is 2.63. The molecule has 2 fully saturated rings. The molecule has 1 spiro atoms. The van der Waals surface area contributed by atoms with Crippen LogP contribution in [0.2, 0.25) is 0 Å². The Labute approximate surface area is 142 Å². The molecule has 1 N–H and O–H groups in total. The fourth-order valence-electron chi connectivity index (χ4n) is 3.75. The fraction of sp³-hybridized carbons (Fsp3) is 0.611. The van der Waals surface area contributed by atoms with Gasteiger partial charge in [0.1, 0.15) is 13.2 Å². The minimum absolute atomic E-state index is 0.0199. The maximum Gasteiger partial charge on any atom is 0.321 e. The van der Waals surface area contributed by atoms with Crippen LogP contribution < -0.4 is 14.8 Å². The van der Waals surface area contributed by atoms with E-state index in [1.165, 1.54) is 6.42 Å². The second-order valence-electron chi connectivity index (χ2n) is 6.76. The van der Waals surface area contributed by atoms with Crippen molar-refractivity contribution < 1.29 is 19.0 Å². The van der Waals surface area contributed by atoms with Gasteiger partial charge in [0.15, 0.2) is 11.5 Å². The summed E-state index contributed by atoms with van der Waals surface area (Å²) in [5, 5.41) is 2.96. The number of rotatable bonds is 1. The highest BCUT2D eigenvalue weighted by Gasteiger charge is 2.38. The monoisotopic (exact) mass is 332 g/mol. The summed E-state index contributed by atoms with van der Waals surface area (Å²) in [7, 11) is 0. The summed E-state index contributed by atoms with van der Waals surface area (Å²) in [6, 6.07) is 5.45. The van der Waals surface area contributed by atoms with Crippen LogP contribution in [0.25, 0.3) is 0 Å². The molecule has 0 atom stereocenters. The number of nitrogens with one attached hydrogen (secondary N) is 1. The summed E-state index contributed by atoms with van der Waals surface area (Å²) in [4.78, 5) is 14.4. The van der Waals surface area contributed by atoms with Crippen molar-refractivity contribution in [1.29, 1.82) is 0 Å². The van der Waals surface area contributed by atoms with Crippen LogP contribution in [0.15, 0.2) is 18.2 Å². The van der Waals surface area contributed by atoms with E-state index in [1.807, 2.05) is 23.1 Å². The standard InChI is InChI=1S/C18H24N2O4/c21-17(19-14-3-4-15-16(13-14)23-12-11-22-15)20-8-6-18(7-9-20)5-1-2-10-24-18/h3-4,13H,1-2,5-12H2,(H,19,21). The smallest absolute Gasteiger partial charge is 0.321 e. The normalized spacial score (nSPS) is 22.2. The zero-order valence-corrected chi connectivity index (χ0v) is 13.9. The summed E-state index contributed by atoms with van der Waals surface area (Å²) in [6.07, 6.45) is 5.40. The van der Waals surface area contributed by atoms with Gasteiger partial charge in [0, 0.05) is 31.5 Å². The molecule has 0 bridgehead atoms. The van der Waals surface area contributed by atoms with Gasteiger partial charge in [0.2, 0.25) is 0 Å². The molecule has 0 aromatic heterocycles. The number of benzene rings is 1. The van der Waals surface area contributed by atoms with Gasteiger partial charge in [-0.2, -0.15) is 0 Å². The van der Waals surface area contributed by atoms with E-state index >= 15 is 0 Å². The lowest BCUT2D eigenvalue weighted by Gasteiger charge is -2.43. The zero-order valence-electron chi connectivity index (χ0n) is 13.9. The second-order valence-corrected chi connectivity index (χ2v) is 6.76. The quantitative estimate of drug-likeness (QED) is 0.859. The van der Waals surface area contributed by atoms with E-state index in [-0.39, 0.29) is 11.6 Å². The van der Waals surface area contributed by atoms with Crippen LogP contribution in [-0.4, -0.2) is 49.4 Å². The van der Waals surface area contributed by atoms with Crippen molar-refractivity contribution in [2.45, 2.75) is 37.7 Å². The first-order valence-corrected chi connectivity index (χ1v) is 8.84. The predicted molar refractivity (Wildman–Crippen MR) is 89.8 cm³/mol. The van der Waals surface area contributed by atoms with Crippen molar-refractivity contribution in [3.8, 4) is 11.5 Å². The zero-order chi connectivity index (χ0) is 16.4. The van der Waals surface area contributed by atoms with Crippen molar-refractivity contribution in [2.24, 2.45) is 0 Å². The number of carbonyl (C=O) groups excluding carboxylic acids is 1. The lowest BCUT2D eigenvalue weighted by molar-refractivity contribution is -0.106. The molecular weight excluding hydrogens is 308 g/mol. The number of hydrogen-bond acceptors (Lipinski definition) is 4. The molecule has 0 saturated carbocycles. The highest BCUT2D eigenvalue weighted by atomic mass is 16.6. The minimum atomic E-state index is -0.0580. The molecule has 4 rings (SSSR count). The number of piperidine rings is 1. The maximum absolute atomic E-state index is 12.5. The third-order valence-corrected chi connectivity index (χ3v) is 5.19. The van der Waals surface area contributed by atoms with E-state index in [0.29, 0.717) is 19.0 Å². The van der Waals surface area contributed by atoms with Crippen molar-refractivity contribution >= 4 is 11.7 Å². The molecular formula is C18H24N2O4. The van der Waals surface area contributed by atoms with Gasteiger partial charge in [0.05, 0.1) is 5.60 Å². The Morgan fingerprint density at radius 3 is 2.54 bits per heavy atom. The highest BCUT2D eigenvalue weighted by Crippen LogP contribution is 2.35. The maximum atomic E-state index is 12.5. The lowest BCUT2D eigenvalue weighted by Crippen LogP contribution is -2.50. The van der Waals surface area contributed by atoms with Gasteiger partial charge in [-0.25, -0.2) is 4.79 Å². The first-order valence-electron chi connectivity index (χ1n) is 8.84. The molecule has 3 aliphatic rings. The van der Waals surface area contributed by atoms with E-state index in [1.54, 1.807) is 0 Å². The Morgan fingerprint density at radius 2 is 1.79 bits per heavy atom. The first kappa shape index (κ1) is 15.6. The number of nitrogens with zero attached hydrogens (tertiary/aromatic N) is 1. The molecule has 0 unspecified atom stereocenters. The average molecular weight is 332 g/mol. The fourth-order valence-corrected chi connectivity index (χ4v) is 3.75. The van der Waals surface area contributed by atoms with Crippen LogP contribution in [0.4, 0.5) is 10.5 Å². The largest absolute Gasteiger partial charge is 0.486 e. The van der Waals surface area contributed by atoms with Gasteiger partial charge in [0.25, 0.3) is 0 Å². The number of likely N-dealkylation sites (tertiary alicyclic amines) is 1. The number of anilines is 1. The Kier molecular flexibility index (Phi) is 4.22. The van der Waals surface area contributed by atoms with E-state index in [4.69, 9.17) is 14.2 Å². The van der Waals surface area contributed by atoms with Crippen molar-refractivity contribution in [3.05, 3.63) is 18.2 Å². The van der Waals surface area contributed by atoms with Gasteiger partial charge < -0.3 is 24.4 Å². The Bertz CT molecular complexity index is 603. The molecule has 2 amide bonds. The Hall–Kier alpha value is -1.95. The molecule has 6 heteroatoms.